The Morgan fingerprint density at radius 3 is 2.93 bits per heavy atom. The summed E-state index contributed by atoms with van der Waals surface area (Å²) in [5, 5.41) is 10.6. The quantitative estimate of drug-likeness (QED) is 0.866. The van der Waals surface area contributed by atoms with Gasteiger partial charge in [-0.1, -0.05) is 17.7 Å². The molecule has 15 heavy (non-hydrogen) atoms. The maximum Gasteiger partial charge on any atom is 0.127 e. The molecule has 0 aliphatic carbocycles. The fourth-order valence-corrected chi connectivity index (χ4v) is 3.29. The first-order valence-corrected chi connectivity index (χ1v) is 6.37. The molecule has 2 rings (SSSR count). The highest BCUT2D eigenvalue weighted by Gasteiger charge is 2.33. The summed E-state index contributed by atoms with van der Waals surface area (Å²) in [6, 6.07) is 4.62. The van der Waals surface area contributed by atoms with Crippen LogP contribution in [0.25, 0.3) is 0 Å². The van der Waals surface area contributed by atoms with Gasteiger partial charge in [-0.2, -0.15) is 11.8 Å². The van der Waals surface area contributed by atoms with Crippen molar-refractivity contribution >= 4 is 23.4 Å². The molecule has 1 aliphatic heterocycles. The molecular formula is C11H12ClFOS. The molecule has 1 unspecified atom stereocenters. The molecule has 0 spiro atoms. The Labute approximate surface area is 97.6 Å². The number of rotatable bonds is 2. The van der Waals surface area contributed by atoms with E-state index in [0.29, 0.717) is 29.2 Å². The lowest BCUT2D eigenvalue weighted by atomic mass is 9.94. The average molecular weight is 247 g/mol. The van der Waals surface area contributed by atoms with Crippen molar-refractivity contribution < 1.29 is 9.50 Å². The first kappa shape index (κ1) is 11.2. The average Bonchev–Trinajstić information content (AvgIpc) is 2.60. The van der Waals surface area contributed by atoms with Gasteiger partial charge < -0.3 is 5.11 Å². The van der Waals surface area contributed by atoms with Crippen LogP contribution in [0.2, 0.25) is 5.02 Å². The van der Waals surface area contributed by atoms with Gasteiger partial charge in [0.2, 0.25) is 0 Å². The van der Waals surface area contributed by atoms with E-state index in [-0.39, 0.29) is 5.82 Å². The zero-order chi connectivity index (χ0) is 10.9. The predicted molar refractivity (Wildman–Crippen MR) is 62.0 cm³/mol. The van der Waals surface area contributed by atoms with E-state index in [1.165, 1.54) is 6.07 Å². The van der Waals surface area contributed by atoms with E-state index in [2.05, 4.69) is 0 Å². The number of hydrogen-bond acceptors (Lipinski definition) is 2. The fourth-order valence-electron chi connectivity index (χ4n) is 1.77. The highest BCUT2D eigenvalue weighted by molar-refractivity contribution is 7.99. The molecule has 1 fully saturated rings. The summed E-state index contributed by atoms with van der Waals surface area (Å²) in [5.74, 6) is 1.27. The number of thioether (sulfide) groups is 1. The smallest absolute Gasteiger partial charge is 0.127 e. The Balaban J connectivity index is 2.23. The molecule has 0 radical (unpaired) electrons. The van der Waals surface area contributed by atoms with Crippen LogP contribution in [0.5, 0.6) is 0 Å². The monoisotopic (exact) mass is 246 g/mol. The molecule has 0 bridgehead atoms. The van der Waals surface area contributed by atoms with Crippen LogP contribution in [0.1, 0.15) is 12.0 Å². The zero-order valence-electron chi connectivity index (χ0n) is 8.17. The van der Waals surface area contributed by atoms with E-state index >= 15 is 0 Å². The number of halogens is 2. The molecule has 1 aromatic rings. The van der Waals surface area contributed by atoms with Crippen molar-refractivity contribution in [3.05, 3.63) is 34.6 Å². The molecule has 1 N–H and O–H groups in total. The van der Waals surface area contributed by atoms with Gasteiger partial charge in [0, 0.05) is 22.8 Å². The van der Waals surface area contributed by atoms with E-state index in [9.17, 15) is 9.50 Å². The third kappa shape index (κ3) is 2.47. The molecule has 82 valence electrons. The van der Waals surface area contributed by atoms with E-state index in [1.807, 2.05) is 0 Å². The number of benzene rings is 1. The van der Waals surface area contributed by atoms with Crippen molar-refractivity contribution in [1.82, 2.24) is 0 Å². The van der Waals surface area contributed by atoms with Gasteiger partial charge in [0.1, 0.15) is 5.82 Å². The second-order valence-electron chi connectivity index (χ2n) is 3.90. The van der Waals surface area contributed by atoms with Crippen molar-refractivity contribution in [1.29, 1.82) is 0 Å². The lowest BCUT2D eigenvalue weighted by molar-refractivity contribution is 0.0677. The largest absolute Gasteiger partial charge is 0.389 e. The minimum atomic E-state index is -0.781. The number of hydrogen-bond donors (Lipinski definition) is 1. The maximum atomic E-state index is 13.5. The zero-order valence-corrected chi connectivity index (χ0v) is 9.74. The minimum absolute atomic E-state index is 0.311. The second kappa shape index (κ2) is 4.32. The van der Waals surface area contributed by atoms with Gasteiger partial charge in [-0.15, -0.1) is 0 Å². The van der Waals surface area contributed by atoms with Crippen molar-refractivity contribution in [2.75, 3.05) is 11.5 Å². The third-order valence-electron chi connectivity index (χ3n) is 2.65. The van der Waals surface area contributed by atoms with Gasteiger partial charge in [-0.3, -0.25) is 0 Å². The van der Waals surface area contributed by atoms with E-state index in [1.54, 1.807) is 23.9 Å². The third-order valence-corrected chi connectivity index (χ3v) is 4.24. The molecular weight excluding hydrogens is 235 g/mol. The van der Waals surface area contributed by atoms with Gasteiger partial charge in [0.25, 0.3) is 0 Å². The van der Waals surface area contributed by atoms with E-state index in [0.717, 1.165) is 5.75 Å². The summed E-state index contributed by atoms with van der Waals surface area (Å²) < 4.78 is 13.5. The molecule has 1 atom stereocenters. The van der Waals surface area contributed by atoms with Crippen LogP contribution in [0.4, 0.5) is 4.39 Å². The molecule has 0 saturated carbocycles. The van der Waals surface area contributed by atoms with Crippen LogP contribution >= 0.6 is 23.4 Å². The van der Waals surface area contributed by atoms with Crippen molar-refractivity contribution in [2.45, 2.75) is 18.4 Å². The Morgan fingerprint density at radius 1 is 1.53 bits per heavy atom. The van der Waals surface area contributed by atoms with Crippen molar-refractivity contribution in [3.8, 4) is 0 Å². The Kier molecular flexibility index (Phi) is 3.24. The van der Waals surface area contributed by atoms with Crippen LogP contribution in [0.3, 0.4) is 0 Å². The van der Waals surface area contributed by atoms with Crippen molar-refractivity contribution in [2.24, 2.45) is 0 Å². The van der Waals surface area contributed by atoms with Gasteiger partial charge in [0.05, 0.1) is 5.60 Å². The summed E-state index contributed by atoms with van der Waals surface area (Å²) >= 11 is 7.61. The maximum absolute atomic E-state index is 13.5. The molecule has 1 heterocycles. The summed E-state index contributed by atoms with van der Waals surface area (Å²) in [6.45, 7) is 0. The summed E-state index contributed by atoms with van der Waals surface area (Å²) in [5.41, 5.74) is -0.347. The van der Waals surface area contributed by atoms with Gasteiger partial charge >= 0.3 is 0 Å². The summed E-state index contributed by atoms with van der Waals surface area (Å²) in [4.78, 5) is 0. The Bertz CT molecular complexity index is 343. The first-order valence-electron chi connectivity index (χ1n) is 4.84. The topological polar surface area (TPSA) is 20.2 Å². The summed E-state index contributed by atoms with van der Waals surface area (Å²) in [6.07, 6.45) is 1.02. The predicted octanol–water partition coefficient (Wildman–Crippen LogP) is 2.89. The molecule has 1 aromatic carbocycles. The lowest BCUT2D eigenvalue weighted by Gasteiger charge is -2.22. The van der Waals surface area contributed by atoms with Crippen LogP contribution in [0.15, 0.2) is 18.2 Å². The van der Waals surface area contributed by atoms with Crippen LogP contribution in [-0.2, 0) is 6.42 Å². The minimum Gasteiger partial charge on any atom is -0.389 e. The first-order chi connectivity index (χ1) is 7.11. The summed E-state index contributed by atoms with van der Waals surface area (Å²) in [7, 11) is 0. The van der Waals surface area contributed by atoms with Crippen LogP contribution in [-0.4, -0.2) is 22.2 Å². The molecule has 1 nitrogen and oxygen atoms in total. The van der Waals surface area contributed by atoms with Gasteiger partial charge in [0.15, 0.2) is 0 Å². The van der Waals surface area contributed by atoms with Crippen molar-refractivity contribution in [3.63, 3.8) is 0 Å². The number of aliphatic hydroxyl groups is 1. The fraction of sp³-hybridized carbons (Fsp3) is 0.455. The van der Waals surface area contributed by atoms with E-state index in [4.69, 9.17) is 11.6 Å². The molecule has 4 heteroatoms. The van der Waals surface area contributed by atoms with Crippen LogP contribution < -0.4 is 0 Å². The second-order valence-corrected chi connectivity index (χ2v) is 5.42. The normalized spacial score (nSPS) is 25.8. The van der Waals surface area contributed by atoms with Crippen LogP contribution in [0, 0.1) is 5.82 Å². The lowest BCUT2D eigenvalue weighted by Crippen LogP contribution is -2.31. The standard InChI is InChI=1S/C11H12ClFOS/c12-9-2-1-3-10(13)8(9)6-11(14)4-5-15-7-11/h1-3,14H,4-7H2. The molecule has 1 aliphatic rings. The molecule has 1 saturated heterocycles. The van der Waals surface area contributed by atoms with Gasteiger partial charge in [-0.05, 0) is 24.3 Å². The van der Waals surface area contributed by atoms with Gasteiger partial charge in [-0.25, -0.2) is 4.39 Å². The SMILES string of the molecule is OC1(Cc2c(F)cccc2Cl)CCSC1. The Hall–Kier alpha value is -0.250. The Morgan fingerprint density at radius 2 is 2.33 bits per heavy atom. The molecule has 0 amide bonds. The van der Waals surface area contributed by atoms with E-state index < -0.39 is 5.60 Å². The molecule has 0 aromatic heterocycles. The highest BCUT2D eigenvalue weighted by Crippen LogP contribution is 2.33. The highest BCUT2D eigenvalue weighted by atomic mass is 35.5.